The van der Waals surface area contributed by atoms with Crippen molar-refractivity contribution in [2.75, 3.05) is 11.9 Å². The van der Waals surface area contributed by atoms with E-state index >= 15 is 0 Å². The number of hydrogen-bond donors (Lipinski definition) is 2. The van der Waals surface area contributed by atoms with Crippen LogP contribution in [0, 0.1) is 10.1 Å². The van der Waals surface area contributed by atoms with Crippen LogP contribution < -0.4 is 10.6 Å². The molecule has 1 amide bonds. The van der Waals surface area contributed by atoms with Gasteiger partial charge < -0.3 is 10.6 Å². The van der Waals surface area contributed by atoms with Crippen LogP contribution in [0.15, 0.2) is 18.2 Å². The van der Waals surface area contributed by atoms with Gasteiger partial charge in [-0.2, -0.15) is 0 Å². The molecular weight excluding hydrogens is 270 g/mol. The van der Waals surface area contributed by atoms with Crippen LogP contribution in [0.5, 0.6) is 0 Å². The van der Waals surface area contributed by atoms with E-state index < -0.39 is 4.92 Å². The van der Waals surface area contributed by atoms with Crippen LogP contribution in [-0.2, 0) is 0 Å². The lowest BCUT2D eigenvalue weighted by Gasteiger charge is -2.17. The summed E-state index contributed by atoms with van der Waals surface area (Å²) in [7, 11) is 0. The number of nitro groups is 1. The molecular formula is C15H23N3O3. The van der Waals surface area contributed by atoms with E-state index in [-0.39, 0.29) is 23.3 Å². The first-order valence-corrected chi connectivity index (χ1v) is 7.37. The van der Waals surface area contributed by atoms with Gasteiger partial charge in [-0.05, 0) is 25.8 Å². The van der Waals surface area contributed by atoms with Crippen LogP contribution >= 0.6 is 0 Å². The highest BCUT2D eigenvalue weighted by Gasteiger charge is 2.22. The summed E-state index contributed by atoms with van der Waals surface area (Å²) in [5.41, 5.74) is 0.530. The summed E-state index contributed by atoms with van der Waals surface area (Å²) < 4.78 is 0. The highest BCUT2D eigenvalue weighted by Crippen LogP contribution is 2.28. The van der Waals surface area contributed by atoms with E-state index in [1.54, 1.807) is 6.07 Å². The Morgan fingerprint density at radius 2 is 2.05 bits per heavy atom. The number of amides is 1. The molecule has 6 heteroatoms. The average molecular weight is 293 g/mol. The van der Waals surface area contributed by atoms with E-state index in [1.165, 1.54) is 12.1 Å². The maximum Gasteiger partial charge on any atom is 0.293 e. The van der Waals surface area contributed by atoms with E-state index in [4.69, 9.17) is 0 Å². The van der Waals surface area contributed by atoms with Crippen LogP contribution in [0.3, 0.4) is 0 Å². The molecule has 0 aliphatic rings. The van der Waals surface area contributed by atoms with Gasteiger partial charge >= 0.3 is 0 Å². The minimum Gasteiger partial charge on any atom is -0.379 e. The number of benzene rings is 1. The fourth-order valence-corrected chi connectivity index (χ4v) is 2.23. The minimum absolute atomic E-state index is 0.0759. The molecule has 0 radical (unpaired) electrons. The lowest BCUT2D eigenvalue weighted by Crippen LogP contribution is -2.34. The van der Waals surface area contributed by atoms with Crippen molar-refractivity contribution in [1.82, 2.24) is 5.32 Å². The zero-order chi connectivity index (χ0) is 15.8. The molecule has 21 heavy (non-hydrogen) atoms. The van der Waals surface area contributed by atoms with E-state index in [2.05, 4.69) is 17.6 Å². The smallest absolute Gasteiger partial charge is 0.293 e. The molecule has 0 aliphatic heterocycles. The molecule has 6 nitrogen and oxygen atoms in total. The largest absolute Gasteiger partial charge is 0.379 e. The van der Waals surface area contributed by atoms with Gasteiger partial charge in [0.05, 0.1) is 10.5 Å². The first kappa shape index (κ1) is 16.9. The van der Waals surface area contributed by atoms with E-state index in [0.29, 0.717) is 12.1 Å². The van der Waals surface area contributed by atoms with Gasteiger partial charge in [-0.25, -0.2) is 0 Å². The fraction of sp³-hybridized carbons (Fsp3) is 0.533. The maximum absolute atomic E-state index is 12.4. The van der Waals surface area contributed by atoms with Crippen LogP contribution in [0.1, 0.15) is 50.4 Å². The predicted octanol–water partition coefficient (Wildman–Crippen LogP) is 3.34. The van der Waals surface area contributed by atoms with E-state index in [1.807, 2.05) is 13.8 Å². The van der Waals surface area contributed by atoms with Crippen LogP contribution in [0.25, 0.3) is 0 Å². The number of nitrogens with zero attached hydrogens (tertiary/aromatic N) is 1. The average Bonchev–Trinajstić information content (AvgIpc) is 2.46. The van der Waals surface area contributed by atoms with Crippen LogP contribution in [0.2, 0.25) is 0 Å². The van der Waals surface area contributed by atoms with Crippen LogP contribution in [0.4, 0.5) is 11.4 Å². The Kier molecular flexibility index (Phi) is 6.65. The Bertz CT molecular complexity index is 503. The number of carbonyl (C=O) groups is 1. The Morgan fingerprint density at radius 1 is 1.33 bits per heavy atom. The molecule has 1 aromatic carbocycles. The second-order valence-electron chi connectivity index (χ2n) is 4.85. The first-order valence-electron chi connectivity index (χ1n) is 7.37. The molecule has 1 unspecified atom stereocenters. The second-order valence-corrected chi connectivity index (χ2v) is 4.85. The minimum atomic E-state index is -0.474. The lowest BCUT2D eigenvalue weighted by molar-refractivity contribution is -0.384. The maximum atomic E-state index is 12.4. The molecule has 0 fully saturated rings. The molecule has 0 heterocycles. The Balaban J connectivity index is 3.08. The quantitative estimate of drug-likeness (QED) is 0.568. The molecule has 0 bridgehead atoms. The number of nitrogens with one attached hydrogen (secondary N) is 2. The van der Waals surface area contributed by atoms with Crippen molar-refractivity contribution in [2.24, 2.45) is 0 Å². The topological polar surface area (TPSA) is 84.3 Å². The third-order valence-electron chi connectivity index (χ3n) is 3.30. The number of rotatable bonds is 8. The van der Waals surface area contributed by atoms with Gasteiger partial charge in [-0.15, -0.1) is 0 Å². The predicted molar refractivity (Wildman–Crippen MR) is 83.7 cm³/mol. The van der Waals surface area contributed by atoms with Gasteiger partial charge in [-0.3, -0.25) is 14.9 Å². The second kappa shape index (κ2) is 8.24. The lowest BCUT2D eigenvalue weighted by atomic mass is 10.1. The Labute approximate surface area is 125 Å². The highest BCUT2D eigenvalue weighted by molar-refractivity contribution is 6.01. The van der Waals surface area contributed by atoms with Crippen LogP contribution in [-0.4, -0.2) is 23.4 Å². The summed E-state index contributed by atoms with van der Waals surface area (Å²) in [6.07, 6.45) is 2.71. The van der Waals surface area contributed by atoms with Crippen molar-refractivity contribution in [3.8, 4) is 0 Å². The Morgan fingerprint density at radius 3 is 2.57 bits per heavy atom. The number of nitro benzene ring substituents is 1. The van der Waals surface area contributed by atoms with Crippen molar-refractivity contribution >= 4 is 17.3 Å². The summed E-state index contributed by atoms with van der Waals surface area (Å²) in [5.74, 6) is -0.269. The summed E-state index contributed by atoms with van der Waals surface area (Å²) in [6, 6.07) is 4.64. The molecule has 0 aliphatic carbocycles. The standard InChI is InChI=1S/C15H23N3O3/c1-4-8-11(5-2)17-15(19)12-9-7-10-13(18(20)21)14(12)16-6-3/h7,9-11,16H,4-6,8H2,1-3H3,(H,17,19). The van der Waals surface area contributed by atoms with Crippen molar-refractivity contribution in [3.05, 3.63) is 33.9 Å². The molecule has 1 aromatic rings. The summed E-state index contributed by atoms with van der Waals surface area (Å²) in [5, 5.41) is 17.0. The third kappa shape index (κ3) is 4.44. The first-order chi connectivity index (χ1) is 10.0. The zero-order valence-corrected chi connectivity index (χ0v) is 12.8. The molecule has 0 saturated heterocycles. The van der Waals surface area contributed by atoms with Gasteiger partial charge in [0.15, 0.2) is 0 Å². The van der Waals surface area contributed by atoms with Gasteiger partial charge in [0.25, 0.3) is 11.6 Å². The Hall–Kier alpha value is -2.11. The highest BCUT2D eigenvalue weighted by atomic mass is 16.6. The van der Waals surface area contributed by atoms with E-state index in [0.717, 1.165) is 19.3 Å². The number of para-hydroxylation sites is 1. The van der Waals surface area contributed by atoms with Crippen molar-refractivity contribution < 1.29 is 9.72 Å². The molecule has 2 N–H and O–H groups in total. The van der Waals surface area contributed by atoms with Crippen molar-refractivity contribution in [1.29, 1.82) is 0 Å². The zero-order valence-electron chi connectivity index (χ0n) is 12.8. The SMILES string of the molecule is CCCC(CC)NC(=O)c1cccc([N+](=O)[O-])c1NCC. The summed E-state index contributed by atoms with van der Waals surface area (Å²) >= 11 is 0. The fourth-order valence-electron chi connectivity index (χ4n) is 2.23. The van der Waals surface area contributed by atoms with Gasteiger partial charge in [0, 0.05) is 18.7 Å². The third-order valence-corrected chi connectivity index (χ3v) is 3.30. The monoisotopic (exact) mass is 293 g/mol. The number of hydrogen-bond acceptors (Lipinski definition) is 4. The summed E-state index contributed by atoms with van der Waals surface area (Å²) in [6.45, 7) is 6.42. The normalized spacial score (nSPS) is 11.8. The van der Waals surface area contributed by atoms with E-state index in [9.17, 15) is 14.9 Å². The van der Waals surface area contributed by atoms with Crippen molar-refractivity contribution in [3.63, 3.8) is 0 Å². The molecule has 0 saturated carbocycles. The van der Waals surface area contributed by atoms with Gasteiger partial charge in [0.1, 0.15) is 5.69 Å². The molecule has 0 aromatic heterocycles. The summed E-state index contributed by atoms with van der Waals surface area (Å²) in [4.78, 5) is 23.0. The molecule has 1 rings (SSSR count). The molecule has 116 valence electrons. The molecule has 0 spiro atoms. The van der Waals surface area contributed by atoms with Crippen molar-refractivity contribution in [2.45, 2.75) is 46.1 Å². The molecule has 1 atom stereocenters. The van der Waals surface area contributed by atoms with Gasteiger partial charge in [-0.1, -0.05) is 26.3 Å². The number of anilines is 1. The number of carbonyl (C=O) groups excluding carboxylic acids is 1. The van der Waals surface area contributed by atoms with Gasteiger partial charge in [0.2, 0.25) is 0 Å².